The van der Waals surface area contributed by atoms with Gasteiger partial charge in [0.2, 0.25) is 5.89 Å². The Morgan fingerprint density at radius 2 is 2.08 bits per heavy atom. The summed E-state index contributed by atoms with van der Waals surface area (Å²) in [7, 11) is 0. The maximum absolute atomic E-state index is 5.34. The number of fused-ring (bicyclic) bond motifs is 3. The predicted octanol–water partition coefficient (Wildman–Crippen LogP) is 4.21. The molecule has 3 aromatic heterocycles. The van der Waals surface area contributed by atoms with E-state index in [1.807, 2.05) is 6.07 Å². The number of benzene rings is 1. The van der Waals surface area contributed by atoms with E-state index in [0.717, 1.165) is 41.4 Å². The lowest BCUT2D eigenvalue weighted by Crippen LogP contribution is -1.93. The molecule has 6 nitrogen and oxygen atoms in total. The van der Waals surface area contributed by atoms with Crippen LogP contribution in [-0.2, 0) is 12.2 Å². The number of hydrogen-bond acceptors (Lipinski definition) is 6. The first kappa shape index (κ1) is 16.1. The third kappa shape index (κ3) is 3.11. The van der Waals surface area contributed by atoms with Gasteiger partial charge >= 0.3 is 0 Å². The Kier molecular flexibility index (Phi) is 4.40. The molecule has 3 heterocycles. The van der Waals surface area contributed by atoms with Crippen molar-refractivity contribution in [3.63, 3.8) is 0 Å². The second-order valence-electron chi connectivity index (χ2n) is 6.02. The van der Waals surface area contributed by atoms with Crippen molar-refractivity contribution >= 4 is 28.3 Å². The Morgan fingerprint density at radius 1 is 1.20 bits per heavy atom. The molecular weight excluding hydrogens is 334 g/mol. The van der Waals surface area contributed by atoms with Gasteiger partial charge in [0.05, 0.1) is 11.3 Å². The number of pyridine rings is 1. The molecule has 0 radical (unpaired) electrons. The first-order chi connectivity index (χ1) is 12.3. The topological polar surface area (TPSA) is 69.1 Å². The quantitative estimate of drug-likeness (QED) is 0.484. The van der Waals surface area contributed by atoms with Crippen LogP contribution in [0.3, 0.4) is 0 Å². The Balaban J connectivity index is 1.62. The number of rotatable bonds is 6. The smallest absolute Gasteiger partial charge is 0.237 e. The third-order valence-electron chi connectivity index (χ3n) is 4.16. The van der Waals surface area contributed by atoms with Gasteiger partial charge in [0, 0.05) is 11.8 Å². The van der Waals surface area contributed by atoms with Gasteiger partial charge in [0.1, 0.15) is 0 Å². The van der Waals surface area contributed by atoms with E-state index in [1.165, 1.54) is 10.9 Å². The van der Waals surface area contributed by atoms with E-state index in [-0.39, 0.29) is 0 Å². The highest BCUT2D eigenvalue weighted by atomic mass is 32.2. The minimum Gasteiger partial charge on any atom is -0.338 e. The molecular formula is C18H19N5OS. The van der Waals surface area contributed by atoms with Gasteiger partial charge in [-0.3, -0.25) is 4.40 Å². The molecule has 0 unspecified atom stereocenters. The van der Waals surface area contributed by atoms with Gasteiger partial charge in [-0.1, -0.05) is 48.5 Å². The Morgan fingerprint density at radius 3 is 2.96 bits per heavy atom. The van der Waals surface area contributed by atoms with Gasteiger partial charge in [0.25, 0.3) is 0 Å². The average Bonchev–Trinajstić information content (AvgIpc) is 3.25. The summed E-state index contributed by atoms with van der Waals surface area (Å²) in [5.41, 5.74) is 3.16. The number of aryl methyl sites for hydroxylation is 2. The third-order valence-corrected chi connectivity index (χ3v) is 5.08. The van der Waals surface area contributed by atoms with E-state index in [0.29, 0.717) is 11.6 Å². The van der Waals surface area contributed by atoms with Gasteiger partial charge in [-0.25, -0.2) is 0 Å². The van der Waals surface area contributed by atoms with E-state index in [1.54, 1.807) is 11.8 Å². The van der Waals surface area contributed by atoms with Crippen LogP contribution in [0.5, 0.6) is 0 Å². The summed E-state index contributed by atoms with van der Waals surface area (Å²) < 4.78 is 7.42. The van der Waals surface area contributed by atoms with E-state index >= 15 is 0 Å². The summed E-state index contributed by atoms with van der Waals surface area (Å²) in [6.45, 7) is 4.25. The van der Waals surface area contributed by atoms with Crippen molar-refractivity contribution in [3.05, 3.63) is 47.6 Å². The van der Waals surface area contributed by atoms with E-state index in [9.17, 15) is 0 Å². The van der Waals surface area contributed by atoms with Crippen molar-refractivity contribution in [1.29, 1.82) is 0 Å². The Hall–Kier alpha value is -2.41. The molecule has 0 saturated carbocycles. The largest absolute Gasteiger partial charge is 0.338 e. The standard InChI is InChI=1S/C18H19N5OS/c1-3-4-9-15-19-17(24-22-15)11-25-18-21-20-16-10-12(2)13-7-5-6-8-14(13)23(16)18/h5-8,10H,3-4,9,11H2,1-2H3. The highest BCUT2D eigenvalue weighted by Crippen LogP contribution is 2.27. The number of para-hydroxylation sites is 1. The minimum absolute atomic E-state index is 0.585. The average molecular weight is 353 g/mol. The first-order valence-corrected chi connectivity index (χ1v) is 9.42. The second kappa shape index (κ2) is 6.84. The fourth-order valence-corrected chi connectivity index (χ4v) is 3.67. The molecule has 0 aliphatic rings. The van der Waals surface area contributed by atoms with Crippen LogP contribution >= 0.6 is 11.8 Å². The maximum atomic E-state index is 5.34. The fourth-order valence-electron chi connectivity index (χ4n) is 2.88. The number of unbranched alkanes of at least 4 members (excludes halogenated alkanes) is 1. The van der Waals surface area contributed by atoms with Crippen molar-refractivity contribution in [2.75, 3.05) is 0 Å². The highest BCUT2D eigenvalue weighted by Gasteiger charge is 2.13. The lowest BCUT2D eigenvalue weighted by atomic mass is 10.1. The summed E-state index contributed by atoms with van der Waals surface area (Å²) in [5.74, 6) is 2.00. The molecule has 7 heteroatoms. The van der Waals surface area contributed by atoms with Crippen LogP contribution in [0, 0.1) is 6.92 Å². The fraction of sp³-hybridized carbons (Fsp3) is 0.333. The van der Waals surface area contributed by atoms with Crippen LogP contribution in [0.15, 0.2) is 40.0 Å². The zero-order valence-electron chi connectivity index (χ0n) is 14.3. The van der Waals surface area contributed by atoms with Crippen molar-refractivity contribution in [2.24, 2.45) is 0 Å². The Bertz CT molecular complexity index is 1020. The number of aromatic nitrogens is 5. The molecule has 1 aromatic carbocycles. The predicted molar refractivity (Wildman–Crippen MR) is 97.7 cm³/mol. The molecule has 0 fully saturated rings. The van der Waals surface area contributed by atoms with Crippen molar-refractivity contribution < 1.29 is 4.52 Å². The molecule has 0 amide bonds. The maximum Gasteiger partial charge on any atom is 0.237 e. The SMILES string of the molecule is CCCCc1noc(CSc2nnc3cc(C)c4ccccc4n23)n1. The van der Waals surface area contributed by atoms with Gasteiger partial charge < -0.3 is 4.52 Å². The van der Waals surface area contributed by atoms with E-state index in [4.69, 9.17) is 4.52 Å². The molecule has 4 aromatic rings. The van der Waals surface area contributed by atoms with Gasteiger partial charge in [-0.05, 0) is 31.0 Å². The molecule has 0 N–H and O–H groups in total. The van der Waals surface area contributed by atoms with Gasteiger partial charge in [-0.2, -0.15) is 4.98 Å². The van der Waals surface area contributed by atoms with Crippen LogP contribution < -0.4 is 0 Å². The van der Waals surface area contributed by atoms with E-state index < -0.39 is 0 Å². The van der Waals surface area contributed by atoms with Crippen LogP contribution in [-0.4, -0.2) is 24.7 Å². The van der Waals surface area contributed by atoms with Crippen molar-refractivity contribution in [1.82, 2.24) is 24.7 Å². The highest BCUT2D eigenvalue weighted by molar-refractivity contribution is 7.98. The summed E-state index contributed by atoms with van der Waals surface area (Å²) in [6.07, 6.45) is 3.06. The molecule has 0 aliphatic heterocycles. The van der Waals surface area contributed by atoms with Crippen LogP contribution in [0.25, 0.3) is 16.6 Å². The summed E-state index contributed by atoms with van der Waals surface area (Å²) >= 11 is 1.56. The zero-order valence-corrected chi connectivity index (χ0v) is 15.1. The molecule has 0 spiro atoms. The van der Waals surface area contributed by atoms with Crippen molar-refractivity contribution in [2.45, 2.75) is 44.0 Å². The van der Waals surface area contributed by atoms with Crippen LogP contribution in [0.2, 0.25) is 0 Å². The number of thioether (sulfide) groups is 1. The number of hydrogen-bond donors (Lipinski definition) is 0. The molecule has 4 rings (SSSR count). The normalized spacial score (nSPS) is 11.6. The zero-order chi connectivity index (χ0) is 17.2. The van der Waals surface area contributed by atoms with Crippen LogP contribution in [0.4, 0.5) is 0 Å². The molecule has 128 valence electrons. The second-order valence-corrected chi connectivity index (χ2v) is 6.96. The molecule has 0 aliphatic carbocycles. The minimum atomic E-state index is 0.585. The Labute approximate surface area is 149 Å². The monoisotopic (exact) mass is 353 g/mol. The van der Waals surface area contributed by atoms with Crippen LogP contribution in [0.1, 0.15) is 37.0 Å². The summed E-state index contributed by atoms with van der Waals surface area (Å²) in [5, 5.41) is 14.7. The lowest BCUT2D eigenvalue weighted by Gasteiger charge is -2.06. The van der Waals surface area contributed by atoms with Crippen molar-refractivity contribution in [3.8, 4) is 0 Å². The summed E-state index contributed by atoms with van der Waals surface area (Å²) in [4.78, 5) is 4.45. The van der Waals surface area contributed by atoms with Gasteiger partial charge in [0.15, 0.2) is 16.6 Å². The number of nitrogens with zero attached hydrogens (tertiary/aromatic N) is 5. The molecule has 0 saturated heterocycles. The summed E-state index contributed by atoms with van der Waals surface area (Å²) in [6, 6.07) is 10.4. The lowest BCUT2D eigenvalue weighted by molar-refractivity contribution is 0.384. The van der Waals surface area contributed by atoms with E-state index in [2.05, 4.69) is 62.9 Å². The molecule has 25 heavy (non-hydrogen) atoms. The molecule has 0 atom stereocenters. The van der Waals surface area contributed by atoms with Gasteiger partial charge in [-0.15, -0.1) is 10.2 Å². The molecule has 0 bridgehead atoms. The first-order valence-electron chi connectivity index (χ1n) is 8.44.